The molecule has 1 heterocycles. The maximum atomic E-state index is 13.0. The molecule has 4 rings (SSSR count). The number of carbonyl (C=O) groups is 3. The summed E-state index contributed by atoms with van der Waals surface area (Å²) in [6.07, 6.45) is 0.637. The Morgan fingerprint density at radius 1 is 1.03 bits per heavy atom. The molecule has 1 aliphatic rings. The first-order chi connectivity index (χ1) is 17.8. The first kappa shape index (κ1) is 25.9. The topological polar surface area (TPSA) is 84.9 Å². The Labute approximate surface area is 215 Å². The molecule has 0 aromatic heterocycles. The highest BCUT2D eigenvalue weighted by Crippen LogP contribution is 2.33. The molecule has 0 bridgehead atoms. The van der Waals surface area contributed by atoms with Crippen molar-refractivity contribution in [2.75, 3.05) is 24.7 Å². The monoisotopic (exact) mass is 504 g/mol. The van der Waals surface area contributed by atoms with E-state index in [1.807, 2.05) is 32.0 Å². The molecule has 0 saturated carbocycles. The standard InChI is InChI=1S/C29H29FN2O5/c1-19-12-20(2)14-24(13-19)36-17-26(33)22-7-10-27-25(15-22)32(29(35)18-37-27)11-3-4-28(34)31-16-21-5-8-23(30)9-6-21/h5-10,12-15H,3-4,11,16-18H2,1-2H3,(H,31,34). The summed E-state index contributed by atoms with van der Waals surface area (Å²) in [5.74, 6) is 0.172. The molecule has 7 nitrogen and oxygen atoms in total. The first-order valence-electron chi connectivity index (χ1n) is 12.1. The van der Waals surface area contributed by atoms with Gasteiger partial charge in [0, 0.05) is 25.1 Å². The van der Waals surface area contributed by atoms with Crippen LogP contribution >= 0.6 is 0 Å². The highest BCUT2D eigenvalue weighted by atomic mass is 19.1. The lowest BCUT2D eigenvalue weighted by atomic mass is 10.1. The zero-order valence-corrected chi connectivity index (χ0v) is 20.9. The molecule has 37 heavy (non-hydrogen) atoms. The van der Waals surface area contributed by atoms with Gasteiger partial charge in [0.25, 0.3) is 5.91 Å². The van der Waals surface area contributed by atoms with Crippen LogP contribution in [0.25, 0.3) is 0 Å². The second kappa shape index (κ2) is 11.7. The highest BCUT2D eigenvalue weighted by Gasteiger charge is 2.26. The van der Waals surface area contributed by atoms with Crippen LogP contribution in [0.3, 0.4) is 0 Å². The Morgan fingerprint density at radius 3 is 2.49 bits per heavy atom. The van der Waals surface area contributed by atoms with E-state index in [1.165, 1.54) is 12.1 Å². The zero-order chi connectivity index (χ0) is 26.4. The van der Waals surface area contributed by atoms with E-state index in [0.29, 0.717) is 42.3 Å². The number of hydrogen-bond acceptors (Lipinski definition) is 5. The van der Waals surface area contributed by atoms with Gasteiger partial charge in [0.1, 0.15) is 17.3 Å². The number of hydrogen-bond donors (Lipinski definition) is 1. The van der Waals surface area contributed by atoms with Crippen LogP contribution in [-0.4, -0.2) is 37.4 Å². The molecule has 3 aromatic rings. The number of ketones is 1. The molecule has 0 unspecified atom stereocenters. The smallest absolute Gasteiger partial charge is 0.265 e. The lowest BCUT2D eigenvalue weighted by Crippen LogP contribution is -2.40. The van der Waals surface area contributed by atoms with Gasteiger partial charge in [0.05, 0.1) is 5.69 Å². The van der Waals surface area contributed by atoms with Gasteiger partial charge in [-0.3, -0.25) is 14.4 Å². The number of amides is 2. The predicted octanol–water partition coefficient (Wildman–Crippen LogP) is 4.53. The SMILES string of the molecule is Cc1cc(C)cc(OCC(=O)c2ccc3c(c2)N(CCCC(=O)NCc2ccc(F)cc2)C(=O)CO3)c1. The van der Waals surface area contributed by atoms with E-state index in [1.54, 1.807) is 35.2 Å². The molecule has 0 saturated heterocycles. The number of ether oxygens (including phenoxy) is 2. The minimum atomic E-state index is -0.329. The fourth-order valence-corrected chi connectivity index (χ4v) is 4.16. The van der Waals surface area contributed by atoms with E-state index < -0.39 is 0 Å². The second-order valence-electron chi connectivity index (χ2n) is 9.06. The van der Waals surface area contributed by atoms with E-state index in [2.05, 4.69) is 5.32 Å². The van der Waals surface area contributed by atoms with Gasteiger partial charge in [-0.15, -0.1) is 0 Å². The molecule has 0 aliphatic carbocycles. The van der Waals surface area contributed by atoms with E-state index in [0.717, 1.165) is 16.7 Å². The number of nitrogens with zero attached hydrogens (tertiary/aromatic N) is 1. The molecule has 0 fully saturated rings. The Morgan fingerprint density at radius 2 is 1.76 bits per heavy atom. The van der Waals surface area contributed by atoms with Crippen LogP contribution in [-0.2, 0) is 16.1 Å². The van der Waals surface area contributed by atoms with Gasteiger partial charge in [-0.05, 0) is 79.4 Å². The van der Waals surface area contributed by atoms with Crippen molar-refractivity contribution in [3.8, 4) is 11.5 Å². The number of carbonyl (C=O) groups excluding carboxylic acids is 3. The second-order valence-corrected chi connectivity index (χ2v) is 9.06. The van der Waals surface area contributed by atoms with E-state index in [4.69, 9.17) is 9.47 Å². The van der Waals surface area contributed by atoms with Crippen LogP contribution in [0, 0.1) is 19.7 Å². The third-order valence-electron chi connectivity index (χ3n) is 5.98. The number of fused-ring (bicyclic) bond motifs is 1. The summed E-state index contributed by atoms with van der Waals surface area (Å²) < 4.78 is 24.3. The Hall–Kier alpha value is -4.20. The summed E-state index contributed by atoms with van der Waals surface area (Å²) >= 11 is 0. The molecule has 1 aliphatic heterocycles. The molecule has 0 atom stereocenters. The van der Waals surface area contributed by atoms with Crippen LogP contribution in [0.2, 0.25) is 0 Å². The minimum Gasteiger partial charge on any atom is -0.485 e. The average molecular weight is 505 g/mol. The number of anilines is 1. The van der Waals surface area contributed by atoms with Crippen LogP contribution in [0.1, 0.15) is 39.9 Å². The Balaban J connectivity index is 1.34. The zero-order valence-electron chi connectivity index (χ0n) is 20.9. The predicted molar refractivity (Wildman–Crippen MR) is 138 cm³/mol. The number of rotatable bonds is 10. The normalized spacial score (nSPS) is 12.5. The minimum absolute atomic E-state index is 0.104. The summed E-state index contributed by atoms with van der Waals surface area (Å²) in [4.78, 5) is 39.2. The largest absolute Gasteiger partial charge is 0.485 e. The first-order valence-corrected chi connectivity index (χ1v) is 12.1. The molecule has 0 spiro atoms. The average Bonchev–Trinajstić information content (AvgIpc) is 2.87. The van der Waals surface area contributed by atoms with E-state index in [-0.39, 0.29) is 43.0 Å². The third-order valence-corrected chi connectivity index (χ3v) is 5.98. The third kappa shape index (κ3) is 6.94. The van der Waals surface area contributed by atoms with Crippen molar-refractivity contribution in [2.24, 2.45) is 0 Å². The number of nitrogens with one attached hydrogen (secondary N) is 1. The van der Waals surface area contributed by atoms with Gasteiger partial charge in [-0.25, -0.2) is 4.39 Å². The van der Waals surface area contributed by atoms with E-state index >= 15 is 0 Å². The van der Waals surface area contributed by atoms with E-state index in [9.17, 15) is 18.8 Å². The van der Waals surface area contributed by atoms with Gasteiger partial charge in [0.2, 0.25) is 5.91 Å². The van der Waals surface area contributed by atoms with Crippen molar-refractivity contribution >= 4 is 23.3 Å². The summed E-state index contributed by atoms with van der Waals surface area (Å²) in [6, 6.07) is 16.7. The number of Topliss-reactive ketones (excluding diaryl/α,β-unsaturated/α-hetero) is 1. The van der Waals surface area contributed by atoms with Gasteiger partial charge >= 0.3 is 0 Å². The molecule has 0 radical (unpaired) electrons. The molecular weight excluding hydrogens is 475 g/mol. The number of aryl methyl sites for hydroxylation is 2. The number of halogens is 1. The Kier molecular flexibility index (Phi) is 8.18. The van der Waals surface area contributed by atoms with Gasteiger partial charge in [-0.1, -0.05) is 18.2 Å². The van der Waals surface area contributed by atoms with Gasteiger partial charge in [-0.2, -0.15) is 0 Å². The van der Waals surface area contributed by atoms with Crippen LogP contribution in [0.4, 0.5) is 10.1 Å². The van der Waals surface area contributed by atoms with Crippen molar-refractivity contribution in [3.63, 3.8) is 0 Å². The fourth-order valence-electron chi connectivity index (χ4n) is 4.16. The lowest BCUT2D eigenvalue weighted by Gasteiger charge is -2.29. The maximum absolute atomic E-state index is 13.0. The van der Waals surface area contributed by atoms with Crippen LogP contribution in [0.5, 0.6) is 11.5 Å². The molecule has 3 aromatic carbocycles. The molecule has 1 N–H and O–H groups in total. The van der Waals surface area contributed by atoms with Crippen molar-refractivity contribution in [3.05, 3.63) is 88.7 Å². The summed E-state index contributed by atoms with van der Waals surface area (Å²) in [7, 11) is 0. The van der Waals surface area contributed by atoms with Crippen molar-refractivity contribution in [1.29, 1.82) is 0 Å². The summed E-state index contributed by atoms with van der Waals surface area (Å²) in [6.45, 7) is 4.29. The maximum Gasteiger partial charge on any atom is 0.265 e. The van der Waals surface area contributed by atoms with Crippen LogP contribution in [0.15, 0.2) is 60.7 Å². The summed E-state index contributed by atoms with van der Waals surface area (Å²) in [5, 5.41) is 2.80. The van der Waals surface area contributed by atoms with Crippen molar-refractivity contribution < 1.29 is 28.2 Å². The molecule has 192 valence electrons. The van der Waals surface area contributed by atoms with Gasteiger partial charge < -0.3 is 19.7 Å². The molecule has 2 amide bonds. The highest BCUT2D eigenvalue weighted by molar-refractivity contribution is 6.02. The lowest BCUT2D eigenvalue weighted by molar-refractivity contribution is -0.123. The Bertz CT molecular complexity index is 1290. The van der Waals surface area contributed by atoms with Crippen LogP contribution < -0.4 is 19.7 Å². The quantitative estimate of drug-likeness (QED) is 0.410. The fraction of sp³-hybridized carbons (Fsp3) is 0.276. The number of benzene rings is 3. The molecular formula is C29H29FN2O5. The van der Waals surface area contributed by atoms with Crippen molar-refractivity contribution in [2.45, 2.75) is 33.2 Å². The molecule has 8 heteroatoms. The van der Waals surface area contributed by atoms with Gasteiger partial charge in [0.15, 0.2) is 19.0 Å². The summed E-state index contributed by atoms with van der Waals surface area (Å²) in [5.41, 5.74) is 3.80. The van der Waals surface area contributed by atoms with Crippen molar-refractivity contribution in [1.82, 2.24) is 5.32 Å².